The summed E-state index contributed by atoms with van der Waals surface area (Å²) in [5.41, 5.74) is 26.0. The van der Waals surface area contributed by atoms with Crippen molar-refractivity contribution in [3.63, 3.8) is 0 Å². The summed E-state index contributed by atoms with van der Waals surface area (Å²) in [4.78, 5) is 0.909. The topological polar surface area (TPSA) is 13.1 Å². The van der Waals surface area contributed by atoms with Crippen LogP contribution < -0.4 is 0 Å². The van der Waals surface area contributed by atoms with E-state index in [0.29, 0.717) is 0 Å². The van der Waals surface area contributed by atoms with Gasteiger partial charge in [-0.2, -0.15) is 0 Å². The molecule has 0 spiro atoms. The molecule has 0 N–H and O–H groups in total. The van der Waals surface area contributed by atoms with Gasteiger partial charge < -0.3 is 4.42 Å². The predicted octanol–water partition coefficient (Wildman–Crippen LogP) is 21.6. The molecule has 0 aliphatic heterocycles. The summed E-state index contributed by atoms with van der Waals surface area (Å²) in [7, 11) is 0. The zero-order chi connectivity index (χ0) is 58.3. The first-order valence-corrected chi connectivity index (χ1v) is 30.6. The molecular weight excluding hydrogens is 1050 g/mol. The Labute approximate surface area is 505 Å². The van der Waals surface area contributed by atoms with Crippen LogP contribution in [-0.4, -0.2) is 15.3 Å². The Morgan fingerprint density at radius 2 is 1.06 bits per heavy atom. The number of fused-ring (bicyclic) bond motifs is 4. The third-order valence-electron chi connectivity index (χ3n) is 15.5. The van der Waals surface area contributed by atoms with Crippen LogP contribution in [0.2, 0.25) is 0 Å². The summed E-state index contributed by atoms with van der Waals surface area (Å²) < 4.78 is 7.09. The van der Waals surface area contributed by atoms with Crippen LogP contribution in [0.3, 0.4) is 0 Å². The van der Waals surface area contributed by atoms with Gasteiger partial charge in [-0.15, -0.1) is 11.8 Å². The van der Waals surface area contributed by atoms with Crippen molar-refractivity contribution in [2.75, 3.05) is 6.26 Å². The lowest BCUT2D eigenvalue weighted by atomic mass is 9.65. The van der Waals surface area contributed by atoms with Gasteiger partial charge in [0.15, 0.2) is 0 Å². The summed E-state index contributed by atoms with van der Waals surface area (Å²) in [5, 5.41) is 0. The molecule has 82 heavy (non-hydrogen) atoms. The predicted molar refractivity (Wildman–Crippen MR) is 364 cm³/mol. The van der Waals surface area contributed by atoms with Gasteiger partial charge in [0, 0.05) is 24.0 Å². The third kappa shape index (κ3) is 13.3. The number of thiocarbonyl (C=S) groups is 2. The zero-order valence-electron chi connectivity index (χ0n) is 49.4. The minimum absolute atomic E-state index is 0.418. The van der Waals surface area contributed by atoms with Crippen molar-refractivity contribution in [1.82, 2.24) is 0 Å². The van der Waals surface area contributed by atoms with Crippen LogP contribution in [0, 0.1) is 41.5 Å². The second-order valence-corrected chi connectivity index (χ2v) is 22.8. The summed E-state index contributed by atoms with van der Waals surface area (Å²) >= 11 is 12.9. The molecule has 9 aromatic carbocycles. The molecule has 0 saturated heterocycles. The lowest BCUT2D eigenvalue weighted by Crippen LogP contribution is -2.30. The van der Waals surface area contributed by atoms with Crippen molar-refractivity contribution in [3.05, 3.63) is 332 Å². The van der Waals surface area contributed by atoms with E-state index in [1.54, 1.807) is 11.8 Å². The van der Waals surface area contributed by atoms with Gasteiger partial charge in [0.2, 0.25) is 0 Å². The second kappa shape index (κ2) is 28.3. The van der Waals surface area contributed by atoms with Crippen LogP contribution in [0.15, 0.2) is 235 Å². The molecule has 412 valence electrons. The van der Waals surface area contributed by atoms with Crippen molar-refractivity contribution < 1.29 is 4.42 Å². The lowest BCUT2D eigenvalue weighted by molar-refractivity contribution is 0.470. The fourth-order valence-corrected chi connectivity index (χ4v) is 12.2. The molecule has 2 aliphatic carbocycles. The first-order chi connectivity index (χ1) is 39.8. The minimum Gasteiger partial charge on any atom is -0.465 e. The molecule has 0 radical (unpaired) electrons. The molecular formula is C78H76OS3. The summed E-state index contributed by atoms with van der Waals surface area (Å²) in [5.74, 6) is 2.27. The van der Waals surface area contributed by atoms with E-state index in [2.05, 4.69) is 213 Å². The first-order valence-electron chi connectivity index (χ1n) is 28.6. The highest BCUT2D eigenvalue weighted by Crippen LogP contribution is 2.58. The molecule has 0 fully saturated rings. The van der Waals surface area contributed by atoms with Crippen LogP contribution in [0.4, 0.5) is 0 Å². The highest BCUT2D eigenvalue weighted by atomic mass is 32.2. The fraction of sp³-hybridized carbons (Fsp3) is 0.179. The van der Waals surface area contributed by atoms with E-state index in [1.807, 2.05) is 92.7 Å². The number of furan rings is 1. The molecule has 4 heteroatoms. The van der Waals surface area contributed by atoms with E-state index in [-0.39, 0.29) is 0 Å². The van der Waals surface area contributed by atoms with Crippen molar-refractivity contribution in [3.8, 4) is 22.3 Å². The van der Waals surface area contributed by atoms with Gasteiger partial charge in [0.1, 0.15) is 11.5 Å². The Morgan fingerprint density at radius 1 is 0.524 bits per heavy atom. The largest absolute Gasteiger partial charge is 0.465 e. The fourth-order valence-electron chi connectivity index (χ4n) is 11.3. The zero-order valence-corrected chi connectivity index (χ0v) is 51.9. The van der Waals surface area contributed by atoms with Crippen LogP contribution in [0.5, 0.6) is 0 Å². The SMILES string of the molecule is C=C(C)c1ccc2c(c1)-c1c(C(=S)SC)cccc1C2(c1ccccc1C)c1ccccc1C.CC.Cc1ccccc1.Cc1ccccc1-c1ccc(Cc2oc3c(c2C)C=CCC3)cc1C.S=C(c1ccccc1)c1ccccc1. The number of aryl methyl sites for hydroxylation is 6. The number of hydrogen-bond acceptors (Lipinski definition) is 4. The molecule has 2 aliphatic rings. The van der Waals surface area contributed by atoms with E-state index < -0.39 is 5.41 Å². The van der Waals surface area contributed by atoms with Crippen molar-refractivity contribution in [2.45, 2.75) is 87.0 Å². The molecule has 0 bridgehead atoms. The third-order valence-corrected chi connectivity index (χ3v) is 17.2. The summed E-state index contributed by atoms with van der Waals surface area (Å²) in [6.07, 6.45) is 9.50. The summed E-state index contributed by atoms with van der Waals surface area (Å²) in [6, 6.07) is 77.0. The molecule has 0 saturated carbocycles. The second-order valence-electron chi connectivity index (χ2n) is 20.9. The van der Waals surface area contributed by atoms with E-state index in [1.165, 1.54) is 94.6 Å². The smallest absolute Gasteiger partial charge is 0.112 e. The van der Waals surface area contributed by atoms with E-state index in [0.717, 1.165) is 62.1 Å². The van der Waals surface area contributed by atoms with Gasteiger partial charge in [0.25, 0.3) is 0 Å². The van der Waals surface area contributed by atoms with E-state index >= 15 is 0 Å². The monoisotopic (exact) mass is 1120 g/mol. The van der Waals surface area contributed by atoms with Crippen molar-refractivity contribution >= 4 is 56.9 Å². The van der Waals surface area contributed by atoms with Crippen molar-refractivity contribution in [2.24, 2.45) is 0 Å². The molecule has 0 atom stereocenters. The van der Waals surface area contributed by atoms with Crippen LogP contribution in [0.1, 0.15) is 128 Å². The van der Waals surface area contributed by atoms with Gasteiger partial charge in [-0.3, -0.25) is 0 Å². The number of hydrogen-bond donors (Lipinski definition) is 0. The maximum Gasteiger partial charge on any atom is 0.112 e. The lowest BCUT2D eigenvalue weighted by Gasteiger charge is -2.36. The molecule has 0 unspecified atom stereocenters. The summed E-state index contributed by atoms with van der Waals surface area (Å²) in [6.45, 7) is 23.4. The number of allylic oxidation sites excluding steroid dienone is 2. The number of thioether (sulfide) groups is 1. The maximum absolute atomic E-state index is 6.16. The molecule has 12 rings (SSSR count). The average molecular weight is 1130 g/mol. The van der Waals surface area contributed by atoms with Gasteiger partial charge in [0.05, 0.1) is 14.5 Å². The van der Waals surface area contributed by atoms with E-state index in [9.17, 15) is 0 Å². The van der Waals surface area contributed by atoms with Gasteiger partial charge >= 0.3 is 0 Å². The molecule has 0 amide bonds. The number of rotatable bonds is 9. The standard InChI is InChI=1S/C32H28S2.C24H24O.C13H10S.C7H8.C2H6/c1-20(2)23-17-18-28-25(19-23)30-24(31(33)34-5)13-10-16-29(30)32(28,26-14-8-6-11-21(26)3)27-15-9-7-12-22(27)4;1-16-8-4-5-9-20(16)21-13-12-19(14-17(21)2)15-24-18(3)22-10-6-7-11-23(22)25-24;14-13(11-7-3-1-4-8-11)12-9-5-2-6-10-12;1-7-5-3-2-4-6-7;1-2/h6-19H,1H2,2-5H3;4-6,8-10,12-14H,7,11,15H2,1-3H3;1-10H;2-6H,1H3;1-2H3. The first kappa shape index (κ1) is 60.4. The van der Waals surface area contributed by atoms with Gasteiger partial charge in [-0.1, -0.05) is 280 Å². The van der Waals surface area contributed by atoms with Gasteiger partial charge in [-0.25, -0.2) is 0 Å². The van der Waals surface area contributed by atoms with Crippen LogP contribution >= 0.6 is 36.2 Å². The van der Waals surface area contributed by atoms with Crippen LogP contribution in [0.25, 0.3) is 33.9 Å². The normalized spacial score (nSPS) is 12.0. The minimum atomic E-state index is -0.418. The molecule has 10 aromatic rings. The van der Waals surface area contributed by atoms with Gasteiger partial charge in [-0.05, 0) is 162 Å². The Bertz CT molecular complexity index is 3770. The molecule has 1 aromatic heterocycles. The number of benzene rings is 9. The molecule has 1 heterocycles. The van der Waals surface area contributed by atoms with Crippen molar-refractivity contribution in [1.29, 1.82) is 0 Å². The molecule has 1 nitrogen and oxygen atoms in total. The Morgan fingerprint density at radius 3 is 1.59 bits per heavy atom. The Hall–Kier alpha value is -7.73. The maximum atomic E-state index is 6.16. The average Bonchev–Trinajstić information content (AvgIpc) is 3.57. The van der Waals surface area contributed by atoms with E-state index in [4.69, 9.17) is 28.9 Å². The Kier molecular flexibility index (Phi) is 20.8. The Balaban J connectivity index is 0.000000159. The highest BCUT2D eigenvalue weighted by molar-refractivity contribution is 8.23. The highest BCUT2D eigenvalue weighted by Gasteiger charge is 2.48. The quantitative estimate of drug-likeness (QED) is 0.105. The van der Waals surface area contributed by atoms with Crippen LogP contribution in [-0.2, 0) is 18.3 Å².